The van der Waals surface area contributed by atoms with Crippen molar-refractivity contribution in [3.8, 4) is 0 Å². The summed E-state index contributed by atoms with van der Waals surface area (Å²) < 4.78 is 1.14. The van der Waals surface area contributed by atoms with E-state index in [0.717, 1.165) is 28.2 Å². The molecule has 104 valence electrons. The molecule has 0 saturated heterocycles. The van der Waals surface area contributed by atoms with Crippen LogP contribution in [0.3, 0.4) is 0 Å². The summed E-state index contributed by atoms with van der Waals surface area (Å²) in [7, 11) is 0. The van der Waals surface area contributed by atoms with Crippen molar-refractivity contribution >= 4 is 38.0 Å². The molecule has 4 nitrogen and oxygen atoms in total. The maximum absolute atomic E-state index is 5.73. The molecule has 0 spiro atoms. The number of hydrogen-bond donors (Lipinski definition) is 2. The van der Waals surface area contributed by atoms with E-state index < -0.39 is 0 Å². The normalized spacial score (nSPS) is 12.8. The summed E-state index contributed by atoms with van der Waals surface area (Å²) in [5, 5.41) is 7.35. The topological polar surface area (TPSA) is 63.8 Å². The van der Waals surface area contributed by atoms with Gasteiger partial charge in [0.25, 0.3) is 0 Å². The van der Waals surface area contributed by atoms with Gasteiger partial charge in [0.05, 0.1) is 16.3 Å². The molecule has 0 fully saturated rings. The summed E-state index contributed by atoms with van der Waals surface area (Å²) in [6.07, 6.45) is 2.89. The zero-order valence-electron chi connectivity index (χ0n) is 11.2. The van der Waals surface area contributed by atoms with E-state index in [9.17, 15) is 0 Å². The first-order valence-corrected chi connectivity index (χ1v) is 8.23. The van der Waals surface area contributed by atoms with E-state index in [2.05, 4.69) is 34.3 Å². The highest BCUT2D eigenvalue weighted by molar-refractivity contribution is 7.22. The summed E-state index contributed by atoms with van der Waals surface area (Å²) in [5.74, 6) is 0. The maximum atomic E-state index is 5.73. The molecule has 0 radical (unpaired) electrons. The first-order valence-electron chi connectivity index (χ1n) is 6.54. The highest BCUT2D eigenvalue weighted by Gasteiger charge is 2.11. The molecule has 1 atom stereocenters. The third kappa shape index (κ3) is 2.82. The van der Waals surface area contributed by atoms with Crippen LogP contribution in [0.5, 0.6) is 0 Å². The minimum Gasteiger partial charge on any atom is -0.375 e. The Labute approximate surface area is 125 Å². The van der Waals surface area contributed by atoms with Crippen LogP contribution in [0.4, 0.5) is 5.13 Å². The van der Waals surface area contributed by atoms with Gasteiger partial charge in [0.2, 0.25) is 0 Å². The van der Waals surface area contributed by atoms with Crippen LogP contribution in [0.2, 0.25) is 0 Å². The molecule has 1 unspecified atom stereocenters. The number of rotatable bonds is 5. The van der Waals surface area contributed by atoms with Gasteiger partial charge in [-0.05, 0) is 24.1 Å². The summed E-state index contributed by atoms with van der Waals surface area (Å²) in [4.78, 5) is 8.66. The summed E-state index contributed by atoms with van der Waals surface area (Å²) in [5.41, 5.74) is 7.96. The number of nitrogens with two attached hydrogens (primary N) is 1. The number of aromatic nitrogens is 2. The number of hydrogen-bond acceptors (Lipinski definition) is 6. The minimum absolute atomic E-state index is 0.317. The van der Waals surface area contributed by atoms with Crippen molar-refractivity contribution in [2.45, 2.75) is 25.9 Å². The van der Waals surface area contributed by atoms with Gasteiger partial charge in [-0.3, -0.25) is 0 Å². The van der Waals surface area contributed by atoms with Crippen molar-refractivity contribution in [3.05, 3.63) is 40.3 Å². The summed E-state index contributed by atoms with van der Waals surface area (Å²) in [6.45, 7) is 3.00. The smallest absolute Gasteiger partial charge is 0.181 e. The van der Waals surface area contributed by atoms with Gasteiger partial charge in [0.1, 0.15) is 5.01 Å². The van der Waals surface area contributed by atoms with E-state index >= 15 is 0 Å². The Morgan fingerprint density at radius 2 is 2.30 bits per heavy atom. The molecule has 0 aliphatic heterocycles. The number of nitrogens with zero attached hydrogens (tertiary/aromatic N) is 2. The van der Waals surface area contributed by atoms with Gasteiger partial charge in [0.15, 0.2) is 5.13 Å². The lowest BCUT2D eigenvalue weighted by atomic mass is 10.2. The second-order valence-corrected chi connectivity index (χ2v) is 6.55. The average molecular weight is 304 g/mol. The van der Waals surface area contributed by atoms with E-state index in [4.69, 9.17) is 5.73 Å². The van der Waals surface area contributed by atoms with Crippen LogP contribution >= 0.6 is 22.7 Å². The highest BCUT2D eigenvalue weighted by atomic mass is 32.1. The maximum Gasteiger partial charge on any atom is 0.181 e. The van der Waals surface area contributed by atoms with Crippen LogP contribution in [0, 0.1) is 0 Å². The Kier molecular flexibility index (Phi) is 3.95. The number of nitrogens with one attached hydrogen (secondary N) is 1. The molecule has 3 N–H and O–H groups in total. The number of fused-ring (bicyclic) bond motifs is 1. The fraction of sp³-hybridized carbons (Fsp3) is 0.286. The van der Waals surface area contributed by atoms with Gasteiger partial charge >= 0.3 is 0 Å². The molecule has 3 rings (SSSR count). The van der Waals surface area contributed by atoms with Gasteiger partial charge in [-0.25, -0.2) is 9.97 Å². The van der Waals surface area contributed by atoms with Crippen molar-refractivity contribution in [3.63, 3.8) is 0 Å². The van der Waals surface area contributed by atoms with E-state index in [1.807, 2.05) is 17.6 Å². The average Bonchev–Trinajstić information content (AvgIpc) is 3.07. The van der Waals surface area contributed by atoms with E-state index in [-0.39, 0.29) is 0 Å². The lowest BCUT2D eigenvalue weighted by Gasteiger charge is -2.14. The minimum atomic E-state index is 0.317. The number of thiazole rings is 2. The lowest BCUT2D eigenvalue weighted by Crippen LogP contribution is -2.20. The van der Waals surface area contributed by atoms with Gasteiger partial charge in [0, 0.05) is 18.1 Å². The predicted molar refractivity (Wildman–Crippen MR) is 86.0 cm³/mol. The van der Waals surface area contributed by atoms with Crippen molar-refractivity contribution < 1.29 is 0 Å². The quantitative estimate of drug-likeness (QED) is 0.756. The monoisotopic (exact) mass is 304 g/mol. The lowest BCUT2D eigenvalue weighted by molar-refractivity contribution is 0.517. The second kappa shape index (κ2) is 5.87. The summed E-state index contributed by atoms with van der Waals surface area (Å²) in [6, 6.07) is 6.61. The molecule has 0 amide bonds. The SMILES string of the molecule is CCC(NCc1ccc2nc(N)sc2c1)c1nccs1. The predicted octanol–water partition coefficient (Wildman–Crippen LogP) is 3.58. The second-order valence-electron chi connectivity index (χ2n) is 4.57. The van der Waals surface area contributed by atoms with Gasteiger partial charge in [-0.2, -0.15) is 0 Å². The van der Waals surface area contributed by atoms with Crippen LogP contribution < -0.4 is 11.1 Å². The Morgan fingerprint density at radius 1 is 1.40 bits per heavy atom. The Bertz CT molecular complexity index is 690. The standard InChI is InChI=1S/C14H16N4S2/c1-2-10(13-16-5-6-19-13)17-8-9-3-4-11-12(7-9)20-14(15)18-11/h3-7,10,17H,2,8H2,1H3,(H2,15,18). The largest absolute Gasteiger partial charge is 0.375 e. The molecule has 2 heterocycles. The van der Waals surface area contributed by atoms with Crippen LogP contribution in [0.1, 0.15) is 30.0 Å². The van der Waals surface area contributed by atoms with Crippen molar-refractivity contribution in [1.29, 1.82) is 0 Å². The third-order valence-electron chi connectivity index (χ3n) is 3.18. The molecule has 0 aliphatic rings. The van der Waals surface area contributed by atoms with Crippen LogP contribution in [0.25, 0.3) is 10.2 Å². The van der Waals surface area contributed by atoms with E-state index in [1.165, 1.54) is 16.9 Å². The number of nitrogen functional groups attached to an aromatic ring is 1. The molecule has 6 heteroatoms. The molecule has 1 aromatic carbocycles. The zero-order chi connectivity index (χ0) is 13.9. The van der Waals surface area contributed by atoms with Gasteiger partial charge in [-0.15, -0.1) is 11.3 Å². The van der Waals surface area contributed by atoms with Crippen molar-refractivity contribution in [1.82, 2.24) is 15.3 Å². The molecule has 0 bridgehead atoms. The van der Waals surface area contributed by atoms with Crippen molar-refractivity contribution in [2.24, 2.45) is 0 Å². The first kappa shape index (κ1) is 13.5. The molecule has 20 heavy (non-hydrogen) atoms. The molecular weight excluding hydrogens is 288 g/mol. The first-order chi connectivity index (χ1) is 9.76. The van der Waals surface area contributed by atoms with Crippen LogP contribution in [-0.2, 0) is 6.54 Å². The highest BCUT2D eigenvalue weighted by Crippen LogP contribution is 2.25. The van der Waals surface area contributed by atoms with E-state index in [0.29, 0.717) is 11.2 Å². The molecule has 0 aliphatic carbocycles. The Hall–Kier alpha value is -1.50. The van der Waals surface area contributed by atoms with Gasteiger partial charge in [-0.1, -0.05) is 24.3 Å². The van der Waals surface area contributed by atoms with Crippen LogP contribution in [-0.4, -0.2) is 9.97 Å². The molecule has 0 saturated carbocycles. The fourth-order valence-corrected chi connectivity index (χ4v) is 3.75. The van der Waals surface area contributed by atoms with Gasteiger partial charge < -0.3 is 11.1 Å². The number of benzene rings is 1. The molecular formula is C14H16N4S2. The Morgan fingerprint density at radius 3 is 3.05 bits per heavy atom. The van der Waals surface area contributed by atoms with Crippen molar-refractivity contribution in [2.75, 3.05) is 5.73 Å². The molecule has 2 aromatic heterocycles. The van der Waals surface area contributed by atoms with E-state index in [1.54, 1.807) is 11.3 Å². The Balaban J connectivity index is 1.72. The summed E-state index contributed by atoms with van der Waals surface area (Å²) >= 11 is 3.23. The number of anilines is 1. The van der Waals surface area contributed by atoms with Crippen LogP contribution in [0.15, 0.2) is 29.8 Å². The fourth-order valence-electron chi connectivity index (χ4n) is 2.15. The molecule has 3 aromatic rings. The zero-order valence-corrected chi connectivity index (χ0v) is 12.8. The third-order valence-corrected chi connectivity index (χ3v) is 4.92.